The van der Waals surface area contributed by atoms with Crippen LogP contribution in [0.4, 0.5) is 0 Å². The van der Waals surface area contributed by atoms with Crippen molar-refractivity contribution < 1.29 is 18.1 Å². The van der Waals surface area contributed by atoms with Gasteiger partial charge in [0.15, 0.2) is 0 Å². The largest absolute Gasteiger partial charge is 0.529 e. The van der Waals surface area contributed by atoms with Crippen LogP contribution in [0.15, 0.2) is 24.3 Å². The SMILES string of the molecule is COP(=O)(OC)Oc1ccc(C(C)(C)C)cc1. The number of hydrogen-bond donors (Lipinski definition) is 0. The average molecular weight is 258 g/mol. The van der Waals surface area contributed by atoms with E-state index in [1.807, 2.05) is 12.1 Å². The fraction of sp³-hybridized carbons (Fsp3) is 0.500. The fourth-order valence-electron chi connectivity index (χ4n) is 1.29. The van der Waals surface area contributed by atoms with Crippen LogP contribution in [-0.2, 0) is 19.0 Å². The lowest BCUT2D eigenvalue weighted by atomic mass is 9.87. The van der Waals surface area contributed by atoms with Crippen molar-refractivity contribution in [3.8, 4) is 5.75 Å². The molecule has 0 N–H and O–H groups in total. The summed E-state index contributed by atoms with van der Waals surface area (Å²) < 4.78 is 26.3. The molecule has 0 bridgehead atoms. The maximum Gasteiger partial charge on any atom is 0.529 e. The van der Waals surface area contributed by atoms with Gasteiger partial charge < -0.3 is 4.52 Å². The Balaban J connectivity index is 2.86. The van der Waals surface area contributed by atoms with Crippen molar-refractivity contribution in [3.63, 3.8) is 0 Å². The molecule has 0 unspecified atom stereocenters. The molecule has 0 amide bonds. The monoisotopic (exact) mass is 258 g/mol. The second-order valence-electron chi connectivity index (χ2n) is 4.68. The van der Waals surface area contributed by atoms with E-state index in [1.165, 1.54) is 19.8 Å². The smallest absolute Gasteiger partial charge is 0.404 e. The molecule has 0 spiro atoms. The molecule has 0 atom stereocenters. The minimum Gasteiger partial charge on any atom is -0.404 e. The van der Waals surface area contributed by atoms with Gasteiger partial charge in [-0.25, -0.2) is 4.57 Å². The van der Waals surface area contributed by atoms with Crippen LogP contribution in [0.2, 0.25) is 0 Å². The standard InChI is InChI=1S/C12H19O4P/c1-12(2,3)10-6-8-11(9-7-10)16-17(13,14-4)15-5/h6-9H,1-5H3. The number of phosphoric acid groups is 1. The Morgan fingerprint density at radius 1 is 1.00 bits per heavy atom. The molecule has 0 aromatic heterocycles. The summed E-state index contributed by atoms with van der Waals surface area (Å²) in [6, 6.07) is 7.38. The molecule has 4 nitrogen and oxygen atoms in total. The van der Waals surface area contributed by atoms with E-state index in [9.17, 15) is 4.57 Å². The molecule has 1 aromatic carbocycles. The van der Waals surface area contributed by atoms with E-state index in [-0.39, 0.29) is 5.41 Å². The van der Waals surface area contributed by atoms with Crippen LogP contribution in [0.1, 0.15) is 26.3 Å². The minimum atomic E-state index is -3.46. The maximum absolute atomic E-state index is 11.7. The van der Waals surface area contributed by atoms with Crippen molar-refractivity contribution in [2.45, 2.75) is 26.2 Å². The Hall–Kier alpha value is -0.830. The summed E-state index contributed by atoms with van der Waals surface area (Å²) in [5, 5.41) is 0. The van der Waals surface area contributed by atoms with Crippen LogP contribution in [0.25, 0.3) is 0 Å². The molecule has 0 saturated carbocycles. The van der Waals surface area contributed by atoms with Gasteiger partial charge in [0.25, 0.3) is 0 Å². The molecule has 96 valence electrons. The highest BCUT2D eigenvalue weighted by Crippen LogP contribution is 2.47. The Morgan fingerprint density at radius 2 is 1.47 bits per heavy atom. The highest BCUT2D eigenvalue weighted by Gasteiger charge is 2.24. The molecule has 0 radical (unpaired) electrons. The predicted molar refractivity (Wildman–Crippen MR) is 67.4 cm³/mol. The third kappa shape index (κ3) is 3.84. The minimum absolute atomic E-state index is 0.0741. The first kappa shape index (κ1) is 14.2. The van der Waals surface area contributed by atoms with Crippen LogP contribution in [0.3, 0.4) is 0 Å². The molecule has 17 heavy (non-hydrogen) atoms. The Bertz CT molecular complexity index is 398. The molecule has 1 rings (SSSR count). The molecule has 0 fully saturated rings. The summed E-state index contributed by atoms with van der Waals surface area (Å²) in [5.74, 6) is 0.463. The van der Waals surface area contributed by atoms with Gasteiger partial charge in [-0.15, -0.1) is 0 Å². The maximum atomic E-state index is 11.7. The van der Waals surface area contributed by atoms with Crippen LogP contribution in [0, 0.1) is 0 Å². The van der Waals surface area contributed by atoms with E-state index in [1.54, 1.807) is 12.1 Å². The first-order chi connectivity index (χ1) is 7.80. The van der Waals surface area contributed by atoms with Crippen LogP contribution in [-0.4, -0.2) is 14.2 Å². The lowest BCUT2D eigenvalue weighted by Crippen LogP contribution is -2.10. The summed E-state index contributed by atoms with van der Waals surface area (Å²) in [5.41, 5.74) is 1.25. The molecule has 0 aliphatic carbocycles. The van der Waals surface area contributed by atoms with E-state index >= 15 is 0 Å². The van der Waals surface area contributed by atoms with E-state index in [4.69, 9.17) is 13.6 Å². The Kier molecular flexibility index (Phi) is 4.36. The molecule has 0 heterocycles. The number of phosphoric ester groups is 1. The van der Waals surface area contributed by atoms with Gasteiger partial charge in [0.1, 0.15) is 5.75 Å². The number of rotatable bonds is 4. The second-order valence-corrected chi connectivity index (χ2v) is 6.49. The third-order valence-electron chi connectivity index (χ3n) is 2.38. The van der Waals surface area contributed by atoms with E-state index in [0.717, 1.165) is 0 Å². The van der Waals surface area contributed by atoms with Gasteiger partial charge >= 0.3 is 7.82 Å². The number of benzene rings is 1. The zero-order chi connectivity index (χ0) is 13.1. The molecule has 0 aliphatic heterocycles. The van der Waals surface area contributed by atoms with Gasteiger partial charge in [0, 0.05) is 14.2 Å². The molecular formula is C12H19O4P. The third-order valence-corrected chi connectivity index (χ3v) is 3.71. The van der Waals surface area contributed by atoms with Gasteiger partial charge in [-0.2, -0.15) is 0 Å². The molecule has 1 aromatic rings. The van der Waals surface area contributed by atoms with Gasteiger partial charge in [-0.3, -0.25) is 9.05 Å². The van der Waals surface area contributed by atoms with Crippen molar-refractivity contribution in [1.29, 1.82) is 0 Å². The number of hydrogen-bond acceptors (Lipinski definition) is 4. The van der Waals surface area contributed by atoms with Crippen LogP contribution < -0.4 is 4.52 Å². The summed E-state index contributed by atoms with van der Waals surface area (Å²) >= 11 is 0. The van der Waals surface area contributed by atoms with Crippen LogP contribution in [0.5, 0.6) is 5.75 Å². The predicted octanol–water partition coefficient (Wildman–Crippen LogP) is 3.76. The first-order valence-corrected chi connectivity index (χ1v) is 6.78. The highest BCUT2D eigenvalue weighted by molar-refractivity contribution is 7.48. The molecule has 0 aliphatic rings. The Morgan fingerprint density at radius 3 is 1.82 bits per heavy atom. The van der Waals surface area contributed by atoms with Crippen molar-refractivity contribution in [1.82, 2.24) is 0 Å². The van der Waals surface area contributed by atoms with Crippen molar-refractivity contribution in [2.75, 3.05) is 14.2 Å². The summed E-state index contributed by atoms with van der Waals surface area (Å²) in [6.07, 6.45) is 0. The van der Waals surface area contributed by atoms with Gasteiger partial charge in [-0.05, 0) is 23.1 Å². The van der Waals surface area contributed by atoms with Gasteiger partial charge in [0.05, 0.1) is 0 Å². The fourth-order valence-corrected chi connectivity index (χ4v) is 1.97. The van der Waals surface area contributed by atoms with Crippen molar-refractivity contribution in [3.05, 3.63) is 29.8 Å². The topological polar surface area (TPSA) is 44.8 Å². The van der Waals surface area contributed by atoms with Crippen molar-refractivity contribution >= 4 is 7.82 Å². The summed E-state index contributed by atoms with van der Waals surface area (Å²) in [6.45, 7) is 6.37. The zero-order valence-electron chi connectivity index (χ0n) is 10.9. The second kappa shape index (κ2) is 5.21. The van der Waals surface area contributed by atoms with E-state index in [2.05, 4.69) is 20.8 Å². The Labute approximate surface area is 103 Å². The van der Waals surface area contributed by atoms with Crippen molar-refractivity contribution in [2.24, 2.45) is 0 Å². The first-order valence-electron chi connectivity index (χ1n) is 5.32. The lowest BCUT2D eigenvalue weighted by Gasteiger charge is -2.20. The highest BCUT2D eigenvalue weighted by atomic mass is 31.2. The normalized spacial score (nSPS) is 12.5. The molecule has 5 heteroatoms. The van der Waals surface area contributed by atoms with Gasteiger partial charge in [-0.1, -0.05) is 32.9 Å². The molecule has 0 saturated heterocycles. The summed E-state index contributed by atoms with van der Waals surface area (Å²) in [7, 11) is -0.888. The van der Waals surface area contributed by atoms with Gasteiger partial charge in [0.2, 0.25) is 0 Å². The molecular weight excluding hydrogens is 239 g/mol. The summed E-state index contributed by atoms with van der Waals surface area (Å²) in [4.78, 5) is 0. The lowest BCUT2D eigenvalue weighted by molar-refractivity contribution is 0.211. The van der Waals surface area contributed by atoms with E-state index in [0.29, 0.717) is 5.75 Å². The zero-order valence-corrected chi connectivity index (χ0v) is 11.8. The average Bonchev–Trinajstić information content (AvgIpc) is 2.28. The van der Waals surface area contributed by atoms with Crippen LogP contribution >= 0.6 is 7.82 Å². The quantitative estimate of drug-likeness (QED) is 0.771. The van der Waals surface area contributed by atoms with E-state index < -0.39 is 7.82 Å².